The molecule has 2 aromatic rings. The number of nitrogens with one attached hydrogen (secondary N) is 1. The number of halogens is 1. The second-order valence-corrected chi connectivity index (χ2v) is 7.08. The molecule has 1 N–H and O–H groups in total. The molecule has 0 amide bonds. The van der Waals surface area contributed by atoms with Crippen LogP contribution < -0.4 is 5.32 Å². The predicted molar refractivity (Wildman–Crippen MR) is 92.6 cm³/mol. The highest BCUT2D eigenvalue weighted by molar-refractivity contribution is 9.10. The molecule has 0 radical (unpaired) electrons. The van der Waals surface area contributed by atoms with Crippen LogP contribution in [0.5, 0.6) is 0 Å². The van der Waals surface area contributed by atoms with Crippen LogP contribution in [0.4, 0.5) is 0 Å². The Balaban J connectivity index is 1.55. The highest BCUT2D eigenvalue weighted by Crippen LogP contribution is 2.38. The van der Waals surface area contributed by atoms with Gasteiger partial charge in [0.15, 0.2) is 0 Å². The Kier molecular flexibility index (Phi) is 4.46. The number of hydrogen-bond acceptors (Lipinski definition) is 1. The molecule has 2 heteroatoms. The van der Waals surface area contributed by atoms with E-state index >= 15 is 0 Å². The Morgan fingerprint density at radius 2 is 1.71 bits per heavy atom. The molecule has 0 bridgehead atoms. The molecule has 0 heterocycles. The first-order valence-corrected chi connectivity index (χ1v) is 8.50. The summed E-state index contributed by atoms with van der Waals surface area (Å²) in [5.41, 5.74) is 4.27. The summed E-state index contributed by atoms with van der Waals surface area (Å²) in [7, 11) is 0. The van der Waals surface area contributed by atoms with Gasteiger partial charge in [-0.2, -0.15) is 0 Å². The largest absolute Gasteiger partial charge is 0.307 e. The lowest BCUT2D eigenvalue weighted by molar-refractivity contribution is 0.270. The van der Waals surface area contributed by atoms with E-state index < -0.39 is 0 Å². The van der Waals surface area contributed by atoms with Gasteiger partial charge in [-0.15, -0.1) is 0 Å². The molecular weight excluding hydrogens is 322 g/mol. The molecule has 0 aromatic heterocycles. The van der Waals surface area contributed by atoms with Gasteiger partial charge in [-0.25, -0.2) is 0 Å². The predicted octanol–water partition coefficient (Wildman–Crippen LogP) is 5.35. The van der Waals surface area contributed by atoms with Gasteiger partial charge in [-0.1, -0.05) is 52.3 Å². The third kappa shape index (κ3) is 3.38. The molecule has 0 saturated heterocycles. The van der Waals surface area contributed by atoms with Crippen LogP contribution in [-0.4, -0.2) is 6.04 Å². The van der Waals surface area contributed by atoms with Crippen LogP contribution in [0.2, 0.25) is 0 Å². The Hall–Kier alpha value is -1.12. The lowest BCUT2D eigenvalue weighted by Crippen LogP contribution is -2.41. The van der Waals surface area contributed by atoms with Crippen molar-refractivity contribution >= 4 is 15.9 Å². The maximum Gasteiger partial charge on any atom is 0.0296 e. The van der Waals surface area contributed by atoms with Crippen LogP contribution in [0, 0.1) is 6.92 Å². The monoisotopic (exact) mass is 343 g/mol. The van der Waals surface area contributed by atoms with E-state index in [4.69, 9.17) is 0 Å². The molecule has 0 spiro atoms. The second-order valence-electron chi connectivity index (χ2n) is 6.16. The van der Waals surface area contributed by atoms with Crippen molar-refractivity contribution in [2.75, 3.05) is 0 Å². The quantitative estimate of drug-likeness (QED) is 0.788. The summed E-state index contributed by atoms with van der Waals surface area (Å²) in [6.45, 7) is 4.47. The fourth-order valence-corrected chi connectivity index (χ4v) is 3.54. The number of hydrogen-bond donors (Lipinski definition) is 1. The van der Waals surface area contributed by atoms with Gasteiger partial charge in [-0.05, 0) is 61.4 Å². The van der Waals surface area contributed by atoms with Crippen LogP contribution in [0.25, 0.3) is 0 Å². The number of rotatable bonds is 4. The van der Waals surface area contributed by atoms with Crippen molar-refractivity contribution in [3.63, 3.8) is 0 Å². The molecule has 1 fully saturated rings. The van der Waals surface area contributed by atoms with Crippen molar-refractivity contribution in [1.29, 1.82) is 0 Å². The van der Waals surface area contributed by atoms with E-state index in [-0.39, 0.29) is 0 Å². The number of benzene rings is 2. The molecule has 3 rings (SSSR count). The van der Waals surface area contributed by atoms with Gasteiger partial charge in [0.2, 0.25) is 0 Å². The average Bonchev–Trinajstić information content (AvgIpc) is 2.44. The SMILES string of the molecule is Cc1ccccc1C(C)NC1CC(c2ccc(Br)cc2)C1. The average molecular weight is 344 g/mol. The van der Waals surface area contributed by atoms with Crippen LogP contribution in [0.15, 0.2) is 53.0 Å². The van der Waals surface area contributed by atoms with E-state index in [0.29, 0.717) is 12.1 Å². The lowest BCUT2D eigenvalue weighted by atomic mass is 9.75. The van der Waals surface area contributed by atoms with Crippen LogP contribution in [-0.2, 0) is 0 Å². The topological polar surface area (TPSA) is 12.0 Å². The Bertz CT molecular complexity index is 599. The molecule has 1 nitrogen and oxygen atoms in total. The molecule has 1 unspecified atom stereocenters. The molecule has 0 aliphatic heterocycles. The first-order chi connectivity index (χ1) is 10.1. The molecular formula is C19H22BrN. The van der Waals surface area contributed by atoms with Gasteiger partial charge in [0.1, 0.15) is 0 Å². The molecule has 110 valence electrons. The van der Waals surface area contributed by atoms with E-state index in [0.717, 1.165) is 10.4 Å². The van der Waals surface area contributed by atoms with Crippen molar-refractivity contribution < 1.29 is 0 Å². The minimum atomic E-state index is 0.432. The molecule has 2 aromatic carbocycles. The first kappa shape index (κ1) is 14.8. The standard InChI is InChI=1S/C19H22BrN/c1-13-5-3-4-6-19(13)14(2)21-18-11-16(12-18)15-7-9-17(20)10-8-15/h3-10,14,16,18,21H,11-12H2,1-2H3. The zero-order valence-electron chi connectivity index (χ0n) is 12.6. The summed E-state index contributed by atoms with van der Waals surface area (Å²) in [4.78, 5) is 0. The minimum Gasteiger partial charge on any atom is -0.307 e. The summed E-state index contributed by atoms with van der Waals surface area (Å²) >= 11 is 3.50. The fraction of sp³-hybridized carbons (Fsp3) is 0.368. The lowest BCUT2D eigenvalue weighted by Gasteiger charge is -2.38. The maximum absolute atomic E-state index is 3.78. The summed E-state index contributed by atoms with van der Waals surface area (Å²) in [5, 5.41) is 3.78. The highest BCUT2D eigenvalue weighted by Gasteiger charge is 2.31. The number of aryl methyl sites for hydroxylation is 1. The summed E-state index contributed by atoms with van der Waals surface area (Å²) in [6, 6.07) is 18.5. The van der Waals surface area contributed by atoms with E-state index in [2.05, 4.69) is 83.6 Å². The zero-order chi connectivity index (χ0) is 14.8. The van der Waals surface area contributed by atoms with Gasteiger partial charge in [0, 0.05) is 16.6 Å². The zero-order valence-corrected chi connectivity index (χ0v) is 14.2. The Morgan fingerprint density at radius 1 is 1.05 bits per heavy atom. The van der Waals surface area contributed by atoms with Crippen LogP contribution in [0.1, 0.15) is 48.4 Å². The third-order valence-electron chi connectivity index (χ3n) is 4.62. The normalized spacial score (nSPS) is 22.6. The van der Waals surface area contributed by atoms with E-state index in [1.165, 1.54) is 29.5 Å². The van der Waals surface area contributed by atoms with Crippen LogP contribution >= 0.6 is 15.9 Å². The van der Waals surface area contributed by atoms with Crippen molar-refractivity contribution in [3.05, 3.63) is 69.7 Å². The molecule has 1 atom stereocenters. The maximum atomic E-state index is 3.78. The summed E-state index contributed by atoms with van der Waals surface area (Å²) < 4.78 is 1.16. The highest BCUT2D eigenvalue weighted by atomic mass is 79.9. The van der Waals surface area contributed by atoms with E-state index in [1.807, 2.05) is 0 Å². The van der Waals surface area contributed by atoms with Crippen molar-refractivity contribution in [1.82, 2.24) is 5.32 Å². The van der Waals surface area contributed by atoms with Gasteiger partial charge in [-0.3, -0.25) is 0 Å². The summed E-state index contributed by atoms with van der Waals surface area (Å²) in [6.07, 6.45) is 2.50. The van der Waals surface area contributed by atoms with Gasteiger partial charge in [0.25, 0.3) is 0 Å². The molecule has 21 heavy (non-hydrogen) atoms. The fourth-order valence-electron chi connectivity index (χ4n) is 3.28. The van der Waals surface area contributed by atoms with Crippen molar-refractivity contribution in [2.45, 2.75) is 44.7 Å². The molecule has 1 saturated carbocycles. The van der Waals surface area contributed by atoms with Crippen molar-refractivity contribution in [3.8, 4) is 0 Å². The third-order valence-corrected chi connectivity index (χ3v) is 5.15. The van der Waals surface area contributed by atoms with Gasteiger partial charge < -0.3 is 5.32 Å². The van der Waals surface area contributed by atoms with E-state index in [9.17, 15) is 0 Å². The van der Waals surface area contributed by atoms with Gasteiger partial charge >= 0.3 is 0 Å². The smallest absolute Gasteiger partial charge is 0.0296 e. The Morgan fingerprint density at radius 3 is 2.38 bits per heavy atom. The Labute approximate surface area is 135 Å². The first-order valence-electron chi connectivity index (χ1n) is 7.70. The van der Waals surface area contributed by atoms with Crippen LogP contribution in [0.3, 0.4) is 0 Å². The minimum absolute atomic E-state index is 0.432. The molecule has 1 aliphatic rings. The van der Waals surface area contributed by atoms with E-state index in [1.54, 1.807) is 0 Å². The summed E-state index contributed by atoms with van der Waals surface area (Å²) in [5.74, 6) is 0.722. The van der Waals surface area contributed by atoms with Crippen molar-refractivity contribution in [2.24, 2.45) is 0 Å². The second kappa shape index (κ2) is 6.33. The van der Waals surface area contributed by atoms with Gasteiger partial charge in [0.05, 0.1) is 0 Å². The molecule has 1 aliphatic carbocycles.